The molecule has 0 N–H and O–H groups in total. The highest BCUT2D eigenvalue weighted by Crippen LogP contribution is 2.27. The van der Waals surface area contributed by atoms with Crippen LogP contribution >= 0.6 is 11.8 Å². The lowest BCUT2D eigenvalue weighted by molar-refractivity contribution is 0.343. The Bertz CT molecular complexity index is 1240. The summed E-state index contributed by atoms with van der Waals surface area (Å²) >= 11 is 1.48. The number of methoxy groups -OCH3 is 1. The highest BCUT2D eigenvalue weighted by atomic mass is 32.2. The van der Waals surface area contributed by atoms with Gasteiger partial charge in [0.05, 0.1) is 30.3 Å². The van der Waals surface area contributed by atoms with Crippen molar-refractivity contribution in [2.75, 3.05) is 19.5 Å². The van der Waals surface area contributed by atoms with E-state index in [9.17, 15) is 4.79 Å². The summed E-state index contributed by atoms with van der Waals surface area (Å²) in [7, 11) is 1.60. The predicted molar refractivity (Wildman–Crippen MR) is 121 cm³/mol. The first kappa shape index (κ1) is 20.0. The number of aromatic nitrogens is 2. The Morgan fingerprint density at radius 3 is 2.63 bits per heavy atom. The van der Waals surface area contributed by atoms with Crippen LogP contribution in [0, 0.1) is 6.92 Å². The van der Waals surface area contributed by atoms with Crippen molar-refractivity contribution in [1.29, 1.82) is 0 Å². The molecule has 3 aromatic carbocycles. The van der Waals surface area contributed by atoms with E-state index in [1.165, 1.54) is 11.8 Å². The Kier molecular flexibility index (Phi) is 6.05. The molecule has 1 heterocycles. The molecule has 4 aromatic rings. The van der Waals surface area contributed by atoms with Crippen LogP contribution in [0.15, 0.2) is 82.7 Å². The molecule has 0 aliphatic rings. The summed E-state index contributed by atoms with van der Waals surface area (Å²) in [6, 6.07) is 22.8. The van der Waals surface area contributed by atoms with Gasteiger partial charge in [0.1, 0.15) is 11.5 Å². The normalized spacial score (nSPS) is 10.9. The van der Waals surface area contributed by atoms with Crippen LogP contribution in [-0.4, -0.2) is 29.0 Å². The summed E-state index contributed by atoms with van der Waals surface area (Å²) in [6.45, 7) is 2.54. The molecule has 0 bridgehead atoms. The van der Waals surface area contributed by atoms with E-state index in [1.54, 1.807) is 17.7 Å². The molecule has 152 valence electrons. The van der Waals surface area contributed by atoms with Gasteiger partial charge in [-0.3, -0.25) is 9.36 Å². The average Bonchev–Trinajstić information content (AvgIpc) is 2.77. The molecule has 0 aliphatic heterocycles. The molecule has 0 amide bonds. The van der Waals surface area contributed by atoms with Gasteiger partial charge >= 0.3 is 0 Å². The first-order valence-corrected chi connectivity index (χ1v) is 10.6. The minimum Gasteiger partial charge on any atom is -0.495 e. The van der Waals surface area contributed by atoms with Crippen LogP contribution in [0.4, 0.5) is 0 Å². The van der Waals surface area contributed by atoms with Gasteiger partial charge in [0.2, 0.25) is 0 Å². The SMILES string of the molecule is COc1ccccc1-n1c(SCCOc2cccc(C)c2)nc2ccccc2c1=O. The van der Waals surface area contributed by atoms with E-state index >= 15 is 0 Å². The zero-order chi connectivity index (χ0) is 20.9. The van der Waals surface area contributed by atoms with Gasteiger partial charge in [-0.25, -0.2) is 4.98 Å². The van der Waals surface area contributed by atoms with Crippen LogP contribution < -0.4 is 15.0 Å². The van der Waals surface area contributed by atoms with Crippen LogP contribution in [0.5, 0.6) is 11.5 Å². The highest BCUT2D eigenvalue weighted by Gasteiger charge is 2.16. The quantitative estimate of drug-likeness (QED) is 0.243. The fourth-order valence-corrected chi connectivity index (χ4v) is 4.06. The largest absolute Gasteiger partial charge is 0.495 e. The summed E-state index contributed by atoms with van der Waals surface area (Å²) in [5.74, 6) is 2.10. The molecule has 5 nitrogen and oxygen atoms in total. The van der Waals surface area contributed by atoms with Crippen LogP contribution in [0.3, 0.4) is 0 Å². The maximum atomic E-state index is 13.3. The fourth-order valence-electron chi connectivity index (χ4n) is 3.23. The van der Waals surface area contributed by atoms with Crippen LogP contribution in [0.1, 0.15) is 5.56 Å². The van der Waals surface area contributed by atoms with E-state index in [2.05, 4.69) is 0 Å². The van der Waals surface area contributed by atoms with Gasteiger partial charge in [0, 0.05) is 5.75 Å². The molecule has 0 unspecified atom stereocenters. The molecule has 1 aromatic heterocycles. The number of thioether (sulfide) groups is 1. The van der Waals surface area contributed by atoms with E-state index in [0.29, 0.717) is 39.9 Å². The standard InChI is InChI=1S/C24H22N2O3S/c1-17-8-7-9-18(16-17)29-14-15-30-24-25-20-11-4-3-10-19(20)23(27)26(24)21-12-5-6-13-22(21)28-2/h3-13,16H,14-15H2,1-2H3. The number of fused-ring (bicyclic) bond motifs is 1. The first-order chi connectivity index (χ1) is 14.7. The molecule has 0 saturated heterocycles. The Morgan fingerprint density at radius 1 is 1.00 bits per heavy atom. The van der Waals surface area contributed by atoms with Gasteiger partial charge in [0.25, 0.3) is 5.56 Å². The van der Waals surface area contributed by atoms with Crippen LogP contribution in [0.25, 0.3) is 16.6 Å². The summed E-state index contributed by atoms with van der Waals surface area (Å²) in [5, 5.41) is 1.18. The van der Waals surface area contributed by atoms with E-state index in [-0.39, 0.29) is 5.56 Å². The minimum absolute atomic E-state index is 0.118. The van der Waals surface area contributed by atoms with Crippen molar-refractivity contribution in [2.24, 2.45) is 0 Å². The number of ether oxygens (including phenoxy) is 2. The Morgan fingerprint density at radius 2 is 1.80 bits per heavy atom. The van der Waals surface area contributed by atoms with Crippen molar-refractivity contribution in [1.82, 2.24) is 9.55 Å². The fraction of sp³-hybridized carbons (Fsp3) is 0.167. The van der Waals surface area contributed by atoms with Gasteiger partial charge in [-0.15, -0.1) is 0 Å². The Labute approximate surface area is 179 Å². The van der Waals surface area contributed by atoms with Crippen molar-refractivity contribution in [2.45, 2.75) is 12.1 Å². The summed E-state index contributed by atoms with van der Waals surface area (Å²) in [6.07, 6.45) is 0. The number of aryl methyl sites for hydroxylation is 1. The van der Waals surface area contributed by atoms with Crippen molar-refractivity contribution in [3.8, 4) is 17.2 Å². The molecule has 0 aliphatic carbocycles. The van der Waals surface area contributed by atoms with Crippen molar-refractivity contribution in [3.05, 3.63) is 88.7 Å². The molecule has 4 rings (SSSR count). The highest BCUT2D eigenvalue weighted by molar-refractivity contribution is 7.99. The van der Waals surface area contributed by atoms with E-state index in [0.717, 1.165) is 11.3 Å². The van der Waals surface area contributed by atoms with Gasteiger partial charge < -0.3 is 9.47 Å². The smallest absolute Gasteiger partial charge is 0.266 e. The molecule has 0 saturated carbocycles. The van der Waals surface area contributed by atoms with Crippen LogP contribution in [-0.2, 0) is 0 Å². The number of para-hydroxylation sites is 3. The Hall–Kier alpha value is -3.25. The van der Waals surface area contributed by atoms with Crippen molar-refractivity contribution in [3.63, 3.8) is 0 Å². The zero-order valence-electron chi connectivity index (χ0n) is 16.9. The van der Waals surface area contributed by atoms with Crippen molar-refractivity contribution < 1.29 is 9.47 Å². The predicted octanol–water partition coefficient (Wildman–Crippen LogP) is 4.87. The van der Waals surface area contributed by atoms with E-state index < -0.39 is 0 Å². The maximum absolute atomic E-state index is 13.3. The first-order valence-electron chi connectivity index (χ1n) is 9.65. The number of benzene rings is 3. The number of rotatable bonds is 7. The second-order valence-electron chi connectivity index (χ2n) is 6.74. The molecular formula is C24H22N2O3S. The lowest BCUT2D eigenvalue weighted by Gasteiger charge is -2.15. The van der Waals surface area contributed by atoms with Gasteiger partial charge in [-0.05, 0) is 48.9 Å². The third kappa shape index (κ3) is 4.19. The lowest BCUT2D eigenvalue weighted by atomic mass is 10.2. The average molecular weight is 419 g/mol. The summed E-state index contributed by atoms with van der Waals surface area (Å²) in [5.41, 5.74) is 2.38. The monoisotopic (exact) mass is 418 g/mol. The summed E-state index contributed by atoms with van der Waals surface area (Å²) in [4.78, 5) is 18.1. The lowest BCUT2D eigenvalue weighted by Crippen LogP contribution is -2.22. The number of nitrogens with zero attached hydrogens (tertiary/aromatic N) is 2. The molecule has 6 heteroatoms. The molecule has 0 atom stereocenters. The Balaban J connectivity index is 1.67. The van der Waals surface area contributed by atoms with E-state index in [1.807, 2.05) is 73.7 Å². The molecule has 0 spiro atoms. The van der Waals surface area contributed by atoms with Gasteiger partial charge in [0.15, 0.2) is 5.16 Å². The number of hydrogen-bond acceptors (Lipinski definition) is 5. The molecule has 0 fully saturated rings. The second kappa shape index (κ2) is 9.05. The van der Waals surface area contributed by atoms with Crippen LogP contribution in [0.2, 0.25) is 0 Å². The minimum atomic E-state index is -0.118. The zero-order valence-corrected chi connectivity index (χ0v) is 17.7. The maximum Gasteiger partial charge on any atom is 0.266 e. The molecular weight excluding hydrogens is 396 g/mol. The van der Waals surface area contributed by atoms with Gasteiger partial charge in [-0.1, -0.05) is 48.2 Å². The third-order valence-electron chi connectivity index (χ3n) is 4.64. The molecule has 0 radical (unpaired) electrons. The second-order valence-corrected chi connectivity index (χ2v) is 7.80. The number of hydrogen-bond donors (Lipinski definition) is 0. The van der Waals surface area contributed by atoms with Crippen molar-refractivity contribution >= 4 is 22.7 Å². The van der Waals surface area contributed by atoms with E-state index in [4.69, 9.17) is 14.5 Å². The summed E-state index contributed by atoms with van der Waals surface area (Å²) < 4.78 is 13.0. The van der Waals surface area contributed by atoms with Gasteiger partial charge in [-0.2, -0.15) is 0 Å². The third-order valence-corrected chi connectivity index (χ3v) is 5.55. The topological polar surface area (TPSA) is 53.4 Å². The molecule has 30 heavy (non-hydrogen) atoms.